The van der Waals surface area contributed by atoms with E-state index in [0.29, 0.717) is 11.4 Å². The summed E-state index contributed by atoms with van der Waals surface area (Å²) >= 11 is 3.01. The van der Waals surface area contributed by atoms with Gasteiger partial charge in [-0.2, -0.15) is 0 Å². The Hall–Kier alpha value is -3.11. The van der Waals surface area contributed by atoms with Gasteiger partial charge < -0.3 is 10.1 Å². The molecular formula is C18H15N3O5S2. The molecule has 1 atom stereocenters. The predicted octanol–water partition coefficient (Wildman–Crippen LogP) is 3.89. The first-order valence-electron chi connectivity index (χ1n) is 8.15. The van der Waals surface area contributed by atoms with Gasteiger partial charge in [0.2, 0.25) is 0 Å². The number of carbonyl (C=O) groups excluding carboxylic acids is 2. The van der Waals surface area contributed by atoms with Crippen LogP contribution in [0.1, 0.15) is 12.6 Å². The standard InChI is InChI=1S/C18H15N3O5S2/c1-11(17(23)19-12-4-6-14(7-5-12)21(24)25)26-16(22)9-13-10-28-18(20-13)15-3-2-8-27-15/h2-8,10-11H,9H2,1H3,(H,19,23). The molecule has 3 rings (SSSR count). The minimum atomic E-state index is -1.02. The van der Waals surface area contributed by atoms with Crippen LogP contribution < -0.4 is 5.32 Å². The minimum Gasteiger partial charge on any atom is -0.452 e. The van der Waals surface area contributed by atoms with Crippen molar-refractivity contribution < 1.29 is 19.2 Å². The molecule has 1 unspecified atom stereocenters. The molecule has 0 fully saturated rings. The molecule has 1 aromatic carbocycles. The Kier molecular flexibility index (Phi) is 6.12. The third kappa shape index (κ3) is 4.99. The van der Waals surface area contributed by atoms with E-state index < -0.39 is 22.9 Å². The molecule has 0 saturated heterocycles. The summed E-state index contributed by atoms with van der Waals surface area (Å²) in [4.78, 5) is 39.8. The summed E-state index contributed by atoms with van der Waals surface area (Å²) in [5, 5.41) is 17.8. The summed E-state index contributed by atoms with van der Waals surface area (Å²) in [6.07, 6.45) is -1.05. The SMILES string of the molecule is CC(OC(=O)Cc1csc(-c2cccs2)n1)C(=O)Nc1ccc([N+](=O)[O-])cc1. The van der Waals surface area contributed by atoms with Gasteiger partial charge in [0.1, 0.15) is 5.01 Å². The first kappa shape index (κ1) is 19.6. The summed E-state index contributed by atoms with van der Waals surface area (Å²) in [7, 11) is 0. The molecule has 0 aliphatic heterocycles. The van der Waals surface area contributed by atoms with Crippen molar-refractivity contribution in [3.8, 4) is 9.88 Å². The molecule has 3 aromatic rings. The van der Waals surface area contributed by atoms with E-state index >= 15 is 0 Å². The van der Waals surface area contributed by atoms with Gasteiger partial charge in [-0.05, 0) is 30.5 Å². The molecule has 0 aliphatic carbocycles. The first-order valence-corrected chi connectivity index (χ1v) is 9.91. The fourth-order valence-electron chi connectivity index (χ4n) is 2.25. The molecule has 8 nitrogen and oxygen atoms in total. The highest BCUT2D eigenvalue weighted by molar-refractivity contribution is 7.20. The number of non-ortho nitro benzene ring substituents is 1. The van der Waals surface area contributed by atoms with Crippen LogP contribution in [0, 0.1) is 10.1 Å². The van der Waals surface area contributed by atoms with Crippen LogP contribution in [-0.2, 0) is 20.7 Å². The van der Waals surface area contributed by atoms with E-state index in [1.165, 1.54) is 42.5 Å². The van der Waals surface area contributed by atoms with Crippen LogP contribution in [0.15, 0.2) is 47.2 Å². The average molecular weight is 417 g/mol. The fraction of sp³-hybridized carbons (Fsp3) is 0.167. The maximum atomic E-state index is 12.1. The number of nitrogens with zero attached hydrogens (tertiary/aromatic N) is 2. The number of nitrogens with one attached hydrogen (secondary N) is 1. The van der Waals surface area contributed by atoms with Crippen LogP contribution in [0.3, 0.4) is 0 Å². The Labute approximate surface area is 168 Å². The van der Waals surface area contributed by atoms with Gasteiger partial charge >= 0.3 is 5.97 Å². The van der Waals surface area contributed by atoms with Crippen molar-refractivity contribution in [2.45, 2.75) is 19.4 Å². The van der Waals surface area contributed by atoms with E-state index in [1.54, 1.807) is 16.7 Å². The molecule has 2 heterocycles. The normalized spacial score (nSPS) is 11.6. The number of hydrogen-bond acceptors (Lipinski definition) is 8. The number of anilines is 1. The Morgan fingerprint density at radius 1 is 1.25 bits per heavy atom. The summed E-state index contributed by atoms with van der Waals surface area (Å²) in [6, 6.07) is 9.26. The van der Waals surface area contributed by atoms with Crippen molar-refractivity contribution in [1.82, 2.24) is 4.98 Å². The highest BCUT2D eigenvalue weighted by Crippen LogP contribution is 2.28. The minimum absolute atomic E-state index is 0.0307. The van der Waals surface area contributed by atoms with Crippen molar-refractivity contribution in [3.05, 3.63) is 63.0 Å². The number of rotatable bonds is 7. The number of thiazole rings is 1. The number of amides is 1. The van der Waals surface area contributed by atoms with Crippen molar-refractivity contribution in [1.29, 1.82) is 0 Å². The zero-order valence-corrected chi connectivity index (χ0v) is 16.3. The highest BCUT2D eigenvalue weighted by Gasteiger charge is 2.19. The van der Waals surface area contributed by atoms with E-state index in [4.69, 9.17) is 4.74 Å². The average Bonchev–Trinajstić information content (AvgIpc) is 3.33. The van der Waals surface area contributed by atoms with Crippen LogP contribution in [-0.4, -0.2) is 27.9 Å². The van der Waals surface area contributed by atoms with E-state index in [-0.39, 0.29) is 12.1 Å². The van der Waals surface area contributed by atoms with Crippen LogP contribution >= 0.6 is 22.7 Å². The molecule has 144 valence electrons. The van der Waals surface area contributed by atoms with Crippen molar-refractivity contribution in [2.24, 2.45) is 0 Å². The second-order valence-electron chi connectivity index (χ2n) is 5.72. The zero-order valence-electron chi connectivity index (χ0n) is 14.7. The molecule has 0 saturated carbocycles. The van der Waals surface area contributed by atoms with Crippen molar-refractivity contribution >= 4 is 45.9 Å². The maximum absolute atomic E-state index is 12.1. The Bertz CT molecular complexity index is 983. The lowest BCUT2D eigenvalue weighted by atomic mass is 10.2. The number of thiophene rings is 1. The van der Waals surface area contributed by atoms with E-state index in [0.717, 1.165) is 9.88 Å². The molecule has 1 amide bonds. The van der Waals surface area contributed by atoms with Gasteiger partial charge in [0.05, 0.1) is 21.9 Å². The molecule has 1 N–H and O–H groups in total. The van der Waals surface area contributed by atoms with Gasteiger partial charge in [0, 0.05) is 23.2 Å². The Morgan fingerprint density at radius 3 is 2.64 bits per heavy atom. The molecule has 2 aromatic heterocycles. The van der Waals surface area contributed by atoms with Gasteiger partial charge in [-0.25, -0.2) is 4.98 Å². The summed E-state index contributed by atoms with van der Waals surface area (Å²) in [5.74, 6) is -1.09. The monoisotopic (exact) mass is 417 g/mol. The van der Waals surface area contributed by atoms with E-state index in [2.05, 4.69) is 10.3 Å². The number of ether oxygens (including phenoxy) is 1. The summed E-state index contributed by atoms with van der Waals surface area (Å²) < 4.78 is 5.16. The number of hydrogen-bond donors (Lipinski definition) is 1. The van der Waals surface area contributed by atoms with E-state index in [9.17, 15) is 19.7 Å². The largest absolute Gasteiger partial charge is 0.452 e. The number of nitro groups is 1. The Morgan fingerprint density at radius 2 is 2.00 bits per heavy atom. The predicted molar refractivity (Wildman–Crippen MR) is 106 cm³/mol. The summed E-state index contributed by atoms with van der Waals surface area (Å²) in [5.41, 5.74) is 0.877. The molecule has 28 heavy (non-hydrogen) atoms. The van der Waals surface area contributed by atoms with Crippen molar-refractivity contribution in [3.63, 3.8) is 0 Å². The van der Waals surface area contributed by atoms with Gasteiger partial charge in [-0.15, -0.1) is 22.7 Å². The topological polar surface area (TPSA) is 111 Å². The third-order valence-electron chi connectivity index (χ3n) is 3.63. The smallest absolute Gasteiger partial charge is 0.312 e. The lowest BCUT2D eigenvalue weighted by molar-refractivity contribution is -0.384. The Balaban J connectivity index is 1.52. The van der Waals surface area contributed by atoms with Gasteiger partial charge in [-0.3, -0.25) is 19.7 Å². The first-order chi connectivity index (χ1) is 13.4. The maximum Gasteiger partial charge on any atom is 0.312 e. The molecule has 0 aliphatic rings. The van der Waals surface area contributed by atoms with Crippen LogP contribution in [0.2, 0.25) is 0 Å². The van der Waals surface area contributed by atoms with Crippen LogP contribution in [0.25, 0.3) is 9.88 Å². The lowest BCUT2D eigenvalue weighted by Crippen LogP contribution is -2.30. The molecule has 10 heteroatoms. The quantitative estimate of drug-likeness (QED) is 0.355. The van der Waals surface area contributed by atoms with Crippen LogP contribution in [0.4, 0.5) is 11.4 Å². The number of esters is 1. The zero-order chi connectivity index (χ0) is 20.1. The second-order valence-corrected chi connectivity index (χ2v) is 7.53. The van der Waals surface area contributed by atoms with Crippen LogP contribution in [0.5, 0.6) is 0 Å². The third-order valence-corrected chi connectivity index (χ3v) is 5.56. The molecule has 0 spiro atoms. The lowest BCUT2D eigenvalue weighted by Gasteiger charge is -2.13. The van der Waals surface area contributed by atoms with Gasteiger partial charge in [-0.1, -0.05) is 6.07 Å². The second kappa shape index (κ2) is 8.72. The molecule has 0 radical (unpaired) electrons. The van der Waals surface area contributed by atoms with Crippen molar-refractivity contribution in [2.75, 3.05) is 5.32 Å². The number of aromatic nitrogens is 1. The summed E-state index contributed by atoms with van der Waals surface area (Å²) in [6.45, 7) is 1.46. The van der Waals surface area contributed by atoms with Gasteiger partial charge in [0.25, 0.3) is 11.6 Å². The highest BCUT2D eigenvalue weighted by atomic mass is 32.1. The number of carbonyl (C=O) groups is 2. The number of benzene rings is 1. The molecular weight excluding hydrogens is 402 g/mol. The van der Waals surface area contributed by atoms with Gasteiger partial charge in [0.15, 0.2) is 6.10 Å². The van der Waals surface area contributed by atoms with E-state index in [1.807, 2.05) is 17.5 Å². The fourth-order valence-corrected chi connectivity index (χ4v) is 3.89. The number of nitro benzene ring substituents is 1. The molecule has 0 bridgehead atoms.